The largest absolute Gasteiger partial charge is 0.343 e. The summed E-state index contributed by atoms with van der Waals surface area (Å²) >= 11 is 0. The van der Waals surface area contributed by atoms with Gasteiger partial charge in [-0.2, -0.15) is 0 Å². The molecule has 6 N–H and O–H groups in total. The second kappa shape index (κ2) is 15.5. The molecule has 0 radical (unpaired) electrons. The van der Waals surface area contributed by atoms with E-state index < -0.39 is 18.0 Å². The molecular weight excluding hydrogens is 454 g/mol. The zero-order valence-electron chi connectivity index (χ0n) is 22.1. The molecule has 8 nitrogen and oxygen atoms in total. The standard InChI is InChI=1S/C28H45N5O3/c1-4-17-33(18-16-29)26(34)19-24(30)27(35)32-25(15-10-21-8-6-5-7-9-21)28(36)31-23-13-11-22(12-14-23)20(2)3/h11-14,20-21,24-25H,1,4-10,15-19,29-30H2,2-3H3,(H-,31,32,35,36)/p+1. The lowest BCUT2D eigenvalue weighted by Crippen LogP contribution is -2.51. The molecule has 0 aliphatic heterocycles. The number of benzene rings is 1. The summed E-state index contributed by atoms with van der Waals surface area (Å²) in [6.45, 7) is 9.20. The molecule has 1 aromatic rings. The minimum Gasteiger partial charge on any atom is -0.343 e. The van der Waals surface area contributed by atoms with Gasteiger partial charge in [-0.25, -0.2) is 0 Å². The SMILES string of the molecule is [CH2+]CCN(CCN)C(=O)CC(N)C(=O)NC(CCC1CCCCC1)C(=O)Nc1ccc(C(C)C)cc1. The van der Waals surface area contributed by atoms with Gasteiger partial charge in [-0.3, -0.25) is 14.4 Å². The van der Waals surface area contributed by atoms with E-state index in [9.17, 15) is 14.4 Å². The highest BCUT2D eigenvalue weighted by Crippen LogP contribution is 2.28. The highest BCUT2D eigenvalue weighted by atomic mass is 16.2. The quantitative estimate of drug-likeness (QED) is 0.291. The maximum absolute atomic E-state index is 13.2. The van der Waals surface area contributed by atoms with Crippen molar-refractivity contribution in [3.8, 4) is 0 Å². The number of nitrogens with one attached hydrogen (secondary N) is 2. The Kier molecular flexibility index (Phi) is 12.8. The van der Waals surface area contributed by atoms with Crippen LogP contribution in [0, 0.1) is 12.8 Å². The number of rotatable bonds is 14. The number of carbonyl (C=O) groups excluding carboxylic acids is 3. The van der Waals surface area contributed by atoms with E-state index in [1.165, 1.54) is 24.8 Å². The predicted octanol–water partition coefficient (Wildman–Crippen LogP) is 3.32. The van der Waals surface area contributed by atoms with Crippen LogP contribution in [0.2, 0.25) is 0 Å². The van der Waals surface area contributed by atoms with Gasteiger partial charge in [-0.05, 0) is 42.4 Å². The van der Waals surface area contributed by atoms with Gasteiger partial charge in [0.1, 0.15) is 12.5 Å². The van der Waals surface area contributed by atoms with E-state index in [1.54, 1.807) is 4.90 Å². The molecule has 1 saturated carbocycles. The van der Waals surface area contributed by atoms with Crippen LogP contribution in [0.5, 0.6) is 0 Å². The van der Waals surface area contributed by atoms with Gasteiger partial charge in [0.2, 0.25) is 17.7 Å². The van der Waals surface area contributed by atoms with Crippen LogP contribution in [0.3, 0.4) is 0 Å². The molecule has 1 fully saturated rings. The minimum atomic E-state index is -1.04. The summed E-state index contributed by atoms with van der Waals surface area (Å²) in [5.74, 6) is -0.0310. The number of anilines is 1. The first kappa shape index (κ1) is 29.6. The zero-order valence-corrected chi connectivity index (χ0v) is 22.1. The lowest BCUT2D eigenvalue weighted by atomic mass is 9.85. The molecule has 0 saturated heterocycles. The summed E-state index contributed by atoms with van der Waals surface area (Å²) in [5, 5.41) is 5.77. The van der Waals surface area contributed by atoms with Crippen molar-refractivity contribution in [2.75, 3.05) is 25.0 Å². The Morgan fingerprint density at radius 2 is 1.72 bits per heavy atom. The average Bonchev–Trinajstić information content (AvgIpc) is 2.87. The summed E-state index contributed by atoms with van der Waals surface area (Å²) in [4.78, 5) is 40.3. The number of hydrogen-bond acceptors (Lipinski definition) is 5. The van der Waals surface area contributed by atoms with Gasteiger partial charge in [-0.15, -0.1) is 0 Å². The van der Waals surface area contributed by atoms with Crippen LogP contribution in [-0.2, 0) is 14.4 Å². The molecule has 2 unspecified atom stereocenters. The monoisotopic (exact) mass is 500 g/mol. The van der Waals surface area contributed by atoms with Gasteiger partial charge in [0.05, 0.1) is 25.9 Å². The molecule has 200 valence electrons. The number of carbonyl (C=O) groups is 3. The number of amides is 3. The van der Waals surface area contributed by atoms with Crippen LogP contribution in [-0.4, -0.2) is 54.3 Å². The normalized spacial score (nSPS) is 15.8. The van der Waals surface area contributed by atoms with E-state index in [1.807, 2.05) is 24.3 Å². The first-order chi connectivity index (χ1) is 17.2. The van der Waals surface area contributed by atoms with Crippen LogP contribution in [0.15, 0.2) is 24.3 Å². The van der Waals surface area contributed by atoms with E-state index in [-0.39, 0.29) is 18.2 Å². The fraction of sp³-hybridized carbons (Fsp3) is 0.643. The Morgan fingerprint density at radius 1 is 1.06 bits per heavy atom. The van der Waals surface area contributed by atoms with Crippen LogP contribution >= 0.6 is 0 Å². The molecule has 1 aliphatic carbocycles. The third-order valence-electron chi connectivity index (χ3n) is 6.98. The van der Waals surface area contributed by atoms with Gasteiger partial charge >= 0.3 is 0 Å². The fourth-order valence-corrected chi connectivity index (χ4v) is 4.72. The van der Waals surface area contributed by atoms with E-state index >= 15 is 0 Å². The van der Waals surface area contributed by atoms with Gasteiger partial charge < -0.3 is 27.0 Å². The molecule has 36 heavy (non-hydrogen) atoms. The van der Waals surface area contributed by atoms with Crippen molar-refractivity contribution >= 4 is 23.4 Å². The van der Waals surface area contributed by atoms with Gasteiger partial charge in [-0.1, -0.05) is 58.1 Å². The summed E-state index contributed by atoms with van der Waals surface area (Å²) < 4.78 is 0. The van der Waals surface area contributed by atoms with E-state index in [0.717, 1.165) is 19.3 Å². The maximum atomic E-state index is 13.2. The molecule has 1 aromatic carbocycles. The molecule has 0 bridgehead atoms. The highest BCUT2D eigenvalue weighted by Gasteiger charge is 2.27. The van der Waals surface area contributed by atoms with Gasteiger partial charge in [0.15, 0.2) is 0 Å². The Balaban J connectivity index is 2.03. The molecule has 2 atom stereocenters. The first-order valence-electron chi connectivity index (χ1n) is 13.5. The Bertz CT molecular complexity index is 815. The van der Waals surface area contributed by atoms with Crippen molar-refractivity contribution in [1.29, 1.82) is 0 Å². The summed E-state index contributed by atoms with van der Waals surface area (Å²) in [7, 11) is 0. The lowest BCUT2D eigenvalue weighted by Gasteiger charge is -2.26. The minimum absolute atomic E-state index is 0.139. The molecule has 0 aromatic heterocycles. The smallest absolute Gasteiger partial charge is 0.246 e. The summed E-state index contributed by atoms with van der Waals surface area (Å²) in [6.07, 6.45) is 7.84. The van der Waals surface area contributed by atoms with E-state index in [0.29, 0.717) is 50.0 Å². The van der Waals surface area contributed by atoms with Crippen LogP contribution in [0.25, 0.3) is 0 Å². The number of hydrogen-bond donors (Lipinski definition) is 4. The van der Waals surface area contributed by atoms with Crippen LogP contribution in [0.4, 0.5) is 5.69 Å². The molecule has 0 heterocycles. The molecule has 1 aliphatic rings. The lowest BCUT2D eigenvalue weighted by molar-refractivity contribution is -0.134. The third-order valence-corrected chi connectivity index (χ3v) is 6.98. The van der Waals surface area contributed by atoms with Crippen molar-refractivity contribution < 1.29 is 14.4 Å². The van der Waals surface area contributed by atoms with Crippen molar-refractivity contribution in [3.05, 3.63) is 36.8 Å². The Hall–Kier alpha value is -2.58. The van der Waals surface area contributed by atoms with Crippen molar-refractivity contribution in [2.24, 2.45) is 17.4 Å². The topological polar surface area (TPSA) is 131 Å². The first-order valence-corrected chi connectivity index (χ1v) is 13.5. The van der Waals surface area contributed by atoms with E-state index in [4.69, 9.17) is 11.5 Å². The average molecular weight is 501 g/mol. The number of nitrogens with zero attached hydrogens (tertiary/aromatic N) is 1. The Labute approximate surface area is 216 Å². The highest BCUT2D eigenvalue weighted by molar-refractivity contribution is 5.98. The second-order valence-corrected chi connectivity index (χ2v) is 10.2. The van der Waals surface area contributed by atoms with Gasteiger partial charge in [0, 0.05) is 18.8 Å². The van der Waals surface area contributed by atoms with Crippen molar-refractivity contribution in [3.63, 3.8) is 0 Å². The molecule has 3 amide bonds. The van der Waals surface area contributed by atoms with Crippen LogP contribution in [0.1, 0.15) is 83.1 Å². The summed E-state index contributed by atoms with van der Waals surface area (Å²) in [6, 6.07) is 5.99. The zero-order chi connectivity index (χ0) is 26.5. The Morgan fingerprint density at radius 3 is 2.31 bits per heavy atom. The van der Waals surface area contributed by atoms with Crippen molar-refractivity contribution in [2.45, 2.75) is 89.6 Å². The maximum Gasteiger partial charge on any atom is 0.246 e. The van der Waals surface area contributed by atoms with Gasteiger partial charge in [0.25, 0.3) is 0 Å². The predicted molar refractivity (Wildman–Crippen MR) is 145 cm³/mol. The molecule has 8 heteroatoms. The van der Waals surface area contributed by atoms with Crippen molar-refractivity contribution in [1.82, 2.24) is 10.2 Å². The third kappa shape index (κ3) is 9.82. The van der Waals surface area contributed by atoms with Crippen LogP contribution < -0.4 is 22.1 Å². The molecule has 2 rings (SSSR count). The number of nitrogens with two attached hydrogens (primary N) is 2. The summed E-state index contributed by atoms with van der Waals surface area (Å²) in [5.41, 5.74) is 13.6. The van der Waals surface area contributed by atoms with E-state index in [2.05, 4.69) is 31.4 Å². The molecular formula is C28H46N5O3+. The molecule has 0 spiro atoms. The fourth-order valence-electron chi connectivity index (χ4n) is 4.72. The second-order valence-electron chi connectivity index (χ2n) is 10.2.